The summed E-state index contributed by atoms with van der Waals surface area (Å²) in [7, 11) is 1.68. The number of hydrogen-bond acceptors (Lipinski definition) is 11. The molecule has 2 unspecified atom stereocenters. The molecular formula is C41H74N2O10. The van der Waals surface area contributed by atoms with Crippen molar-refractivity contribution in [2.75, 3.05) is 27.1 Å². The summed E-state index contributed by atoms with van der Waals surface area (Å²) in [4.78, 5) is 72.3. The van der Waals surface area contributed by atoms with Gasteiger partial charge in [0.15, 0.2) is 0 Å². The van der Waals surface area contributed by atoms with Crippen LogP contribution in [0.4, 0.5) is 0 Å². The molecule has 0 saturated heterocycles. The molecule has 2 atom stereocenters. The average Bonchev–Trinajstić information content (AvgIpc) is 3.09. The number of Topliss-reactive ketones (excluding diaryl/α,β-unsaturated/α-hetero) is 1. The molecule has 0 aliphatic rings. The van der Waals surface area contributed by atoms with E-state index in [4.69, 9.17) is 18.9 Å². The molecule has 53 heavy (non-hydrogen) atoms. The van der Waals surface area contributed by atoms with Crippen LogP contribution in [-0.2, 0) is 47.7 Å². The van der Waals surface area contributed by atoms with Crippen LogP contribution in [0.15, 0.2) is 0 Å². The topological polar surface area (TPSA) is 163 Å². The highest BCUT2D eigenvalue weighted by Crippen LogP contribution is 2.13. The highest BCUT2D eigenvalue weighted by atomic mass is 16.7. The summed E-state index contributed by atoms with van der Waals surface area (Å²) in [5, 5.41) is 5.69. The summed E-state index contributed by atoms with van der Waals surface area (Å²) < 4.78 is 21.0. The van der Waals surface area contributed by atoms with Crippen molar-refractivity contribution in [3.05, 3.63) is 0 Å². The van der Waals surface area contributed by atoms with Crippen LogP contribution >= 0.6 is 0 Å². The minimum absolute atomic E-state index is 0.135. The molecule has 12 heteroatoms. The molecular weight excluding hydrogens is 680 g/mol. The predicted molar refractivity (Wildman–Crippen MR) is 206 cm³/mol. The molecule has 2 N–H and O–H groups in total. The highest BCUT2D eigenvalue weighted by molar-refractivity contribution is 5.84. The van der Waals surface area contributed by atoms with E-state index in [9.17, 15) is 28.8 Å². The maximum absolute atomic E-state index is 12.6. The fraction of sp³-hybridized carbons (Fsp3) is 0.854. The zero-order chi connectivity index (χ0) is 39.7. The second-order valence-electron chi connectivity index (χ2n) is 15.1. The van der Waals surface area contributed by atoms with Gasteiger partial charge in [0, 0.05) is 25.7 Å². The van der Waals surface area contributed by atoms with Gasteiger partial charge >= 0.3 is 23.9 Å². The number of carbonyl (C=O) groups is 6. The van der Waals surface area contributed by atoms with Gasteiger partial charge in [0.25, 0.3) is 0 Å². The number of esters is 4. The van der Waals surface area contributed by atoms with Crippen LogP contribution < -0.4 is 10.6 Å². The molecule has 0 rings (SSSR count). The quantitative estimate of drug-likeness (QED) is 0.0282. The number of nitrogens with one attached hydrogen (secondary N) is 2. The standard InChI is InChI=1S/C41H74N2O10/c1-32(2)29-35(42-6)40(48)52-31-53-41(49)36(30-33(3)4)43-37(45)24-18-12-8-10-14-20-26-39(47)51-28-22-16-15-21-27-50-38(46)25-19-13-9-7-11-17-23-34(5)44/h32-33,35-36,42H,7-31H2,1-6H3,(H,43,45). The Morgan fingerprint density at radius 2 is 0.849 bits per heavy atom. The number of unbranched alkanes of at least 4 members (excludes halogenated alkanes) is 13. The van der Waals surface area contributed by atoms with E-state index in [1.165, 1.54) is 0 Å². The lowest BCUT2D eigenvalue weighted by molar-refractivity contribution is -0.171. The molecule has 0 aromatic rings. The van der Waals surface area contributed by atoms with Crippen LogP contribution in [-0.4, -0.2) is 74.7 Å². The van der Waals surface area contributed by atoms with Gasteiger partial charge in [0.2, 0.25) is 12.7 Å². The van der Waals surface area contributed by atoms with Crippen LogP contribution in [0, 0.1) is 11.8 Å². The van der Waals surface area contributed by atoms with E-state index in [-0.39, 0.29) is 29.5 Å². The Hall–Kier alpha value is -3.02. The van der Waals surface area contributed by atoms with Crippen LogP contribution in [0.25, 0.3) is 0 Å². The summed E-state index contributed by atoms with van der Waals surface area (Å²) in [5.74, 6) is -0.932. The van der Waals surface area contributed by atoms with Crippen molar-refractivity contribution in [1.82, 2.24) is 10.6 Å². The van der Waals surface area contributed by atoms with Crippen molar-refractivity contribution in [3.8, 4) is 0 Å². The van der Waals surface area contributed by atoms with Gasteiger partial charge in [0.1, 0.15) is 17.9 Å². The zero-order valence-corrected chi connectivity index (χ0v) is 34.1. The number of hydrogen-bond donors (Lipinski definition) is 2. The summed E-state index contributed by atoms with van der Waals surface area (Å²) in [6, 6.07) is -1.28. The maximum atomic E-state index is 12.6. The molecule has 0 heterocycles. The van der Waals surface area contributed by atoms with Crippen molar-refractivity contribution in [2.24, 2.45) is 11.8 Å². The molecule has 0 saturated carbocycles. The van der Waals surface area contributed by atoms with Gasteiger partial charge in [0.05, 0.1) is 13.2 Å². The molecule has 0 aromatic carbocycles. The Labute approximate surface area is 320 Å². The monoisotopic (exact) mass is 755 g/mol. The van der Waals surface area contributed by atoms with Gasteiger partial charge in [-0.05, 0) is 90.0 Å². The van der Waals surface area contributed by atoms with E-state index in [1.807, 2.05) is 27.7 Å². The van der Waals surface area contributed by atoms with Crippen LogP contribution in [0.2, 0.25) is 0 Å². The van der Waals surface area contributed by atoms with E-state index < -0.39 is 30.8 Å². The minimum atomic E-state index is -0.805. The van der Waals surface area contributed by atoms with E-state index in [0.29, 0.717) is 64.1 Å². The normalized spacial score (nSPS) is 12.3. The number of ketones is 1. The summed E-state index contributed by atoms with van der Waals surface area (Å²) in [6.45, 7) is 9.89. The molecule has 0 bridgehead atoms. The summed E-state index contributed by atoms with van der Waals surface area (Å²) in [6.07, 6.45) is 17.6. The van der Waals surface area contributed by atoms with Crippen molar-refractivity contribution >= 4 is 35.6 Å². The Morgan fingerprint density at radius 1 is 0.472 bits per heavy atom. The van der Waals surface area contributed by atoms with Gasteiger partial charge in [-0.1, -0.05) is 79.1 Å². The molecule has 0 fully saturated rings. The first kappa shape index (κ1) is 50.0. The lowest BCUT2D eigenvalue weighted by Crippen LogP contribution is -2.43. The van der Waals surface area contributed by atoms with Crippen molar-refractivity contribution < 1.29 is 47.7 Å². The molecule has 0 spiro atoms. The lowest BCUT2D eigenvalue weighted by atomic mass is 10.0. The summed E-state index contributed by atoms with van der Waals surface area (Å²) >= 11 is 0. The molecule has 0 aliphatic heterocycles. The van der Waals surface area contributed by atoms with Crippen molar-refractivity contribution in [3.63, 3.8) is 0 Å². The number of amides is 1. The molecule has 0 aliphatic carbocycles. The number of rotatable bonds is 35. The molecule has 1 amide bonds. The molecule has 12 nitrogen and oxygen atoms in total. The second kappa shape index (κ2) is 33.5. The molecule has 308 valence electrons. The van der Waals surface area contributed by atoms with E-state index in [1.54, 1.807) is 14.0 Å². The van der Waals surface area contributed by atoms with Crippen molar-refractivity contribution in [2.45, 2.75) is 188 Å². The van der Waals surface area contributed by atoms with E-state index in [2.05, 4.69) is 10.6 Å². The van der Waals surface area contributed by atoms with Gasteiger partial charge in [-0.2, -0.15) is 0 Å². The SMILES string of the molecule is CNC(CC(C)C)C(=O)OCOC(=O)C(CC(C)C)NC(=O)CCCCCCCCC(=O)OCCCCCCOC(=O)CCCCCCCCC(C)=O. The first-order valence-corrected chi connectivity index (χ1v) is 20.5. The van der Waals surface area contributed by atoms with Gasteiger partial charge in [-0.3, -0.25) is 19.2 Å². The van der Waals surface area contributed by atoms with Crippen LogP contribution in [0.3, 0.4) is 0 Å². The van der Waals surface area contributed by atoms with Gasteiger partial charge in [-0.25, -0.2) is 4.79 Å². The maximum Gasteiger partial charge on any atom is 0.331 e. The lowest BCUT2D eigenvalue weighted by Gasteiger charge is -2.20. The minimum Gasteiger partial charge on any atom is -0.466 e. The second-order valence-corrected chi connectivity index (χ2v) is 15.1. The van der Waals surface area contributed by atoms with Crippen LogP contribution in [0.5, 0.6) is 0 Å². The third-order valence-corrected chi connectivity index (χ3v) is 8.83. The average molecular weight is 755 g/mol. The van der Waals surface area contributed by atoms with Crippen LogP contribution in [0.1, 0.15) is 176 Å². The third kappa shape index (κ3) is 32.2. The first-order chi connectivity index (χ1) is 25.3. The number of likely N-dealkylation sites (N-methyl/N-ethyl adjacent to an activating group) is 1. The Balaban J connectivity index is 3.83. The smallest absolute Gasteiger partial charge is 0.331 e. The third-order valence-electron chi connectivity index (χ3n) is 8.83. The van der Waals surface area contributed by atoms with E-state index in [0.717, 1.165) is 96.3 Å². The van der Waals surface area contributed by atoms with Crippen molar-refractivity contribution in [1.29, 1.82) is 0 Å². The fourth-order valence-corrected chi connectivity index (χ4v) is 5.79. The van der Waals surface area contributed by atoms with Gasteiger partial charge < -0.3 is 34.4 Å². The summed E-state index contributed by atoms with van der Waals surface area (Å²) in [5.41, 5.74) is 0. The largest absolute Gasteiger partial charge is 0.466 e. The number of ether oxygens (including phenoxy) is 4. The van der Waals surface area contributed by atoms with Gasteiger partial charge in [-0.15, -0.1) is 0 Å². The number of carbonyl (C=O) groups excluding carboxylic acids is 6. The highest BCUT2D eigenvalue weighted by Gasteiger charge is 2.25. The Morgan fingerprint density at radius 3 is 1.28 bits per heavy atom. The molecule has 0 radical (unpaired) electrons. The fourth-order valence-electron chi connectivity index (χ4n) is 5.79. The Kier molecular flexibility index (Phi) is 31.6. The Bertz CT molecular complexity index is 1020. The predicted octanol–water partition coefficient (Wildman–Crippen LogP) is 7.67. The first-order valence-electron chi connectivity index (χ1n) is 20.5. The zero-order valence-electron chi connectivity index (χ0n) is 34.1. The molecule has 0 aromatic heterocycles. The van der Waals surface area contributed by atoms with E-state index >= 15 is 0 Å².